The highest BCUT2D eigenvalue weighted by Crippen LogP contribution is 2.15. The van der Waals surface area contributed by atoms with Gasteiger partial charge in [0.2, 0.25) is 0 Å². The van der Waals surface area contributed by atoms with Gasteiger partial charge in [-0.15, -0.1) is 0 Å². The number of aryl methyl sites for hydroxylation is 1. The predicted molar refractivity (Wildman–Crippen MR) is 68.7 cm³/mol. The van der Waals surface area contributed by atoms with Crippen molar-refractivity contribution in [3.8, 4) is 0 Å². The first-order valence-corrected chi connectivity index (χ1v) is 5.78. The molecule has 0 saturated heterocycles. The fraction of sp³-hybridized carbons (Fsp3) is 0.286. The van der Waals surface area contributed by atoms with Crippen molar-refractivity contribution in [2.24, 2.45) is 0 Å². The fourth-order valence-electron chi connectivity index (χ4n) is 1.80. The van der Waals surface area contributed by atoms with Crippen LogP contribution in [0, 0.1) is 6.92 Å². The lowest BCUT2D eigenvalue weighted by atomic mass is 10.0. The van der Waals surface area contributed by atoms with E-state index in [4.69, 9.17) is 0 Å². The molecular weight excluding hydrogens is 210 g/mol. The SMILES string of the molecule is CNC(Cc1ccc(C)cc1)c1cnccn1. The van der Waals surface area contributed by atoms with Gasteiger partial charge in [0.1, 0.15) is 0 Å². The van der Waals surface area contributed by atoms with Crippen LogP contribution in [-0.4, -0.2) is 17.0 Å². The quantitative estimate of drug-likeness (QED) is 0.870. The third-order valence-corrected chi connectivity index (χ3v) is 2.85. The Balaban J connectivity index is 2.13. The summed E-state index contributed by atoms with van der Waals surface area (Å²) in [6.07, 6.45) is 6.17. The zero-order chi connectivity index (χ0) is 12.1. The maximum atomic E-state index is 4.34. The molecule has 0 aliphatic heterocycles. The summed E-state index contributed by atoms with van der Waals surface area (Å²) < 4.78 is 0. The van der Waals surface area contributed by atoms with Crippen LogP contribution in [0.2, 0.25) is 0 Å². The van der Waals surface area contributed by atoms with Gasteiger partial charge in [-0.2, -0.15) is 0 Å². The van der Waals surface area contributed by atoms with Crippen LogP contribution in [0.15, 0.2) is 42.9 Å². The summed E-state index contributed by atoms with van der Waals surface area (Å²) in [4.78, 5) is 8.45. The average molecular weight is 227 g/mol. The van der Waals surface area contributed by atoms with Gasteiger partial charge in [0.15, 0.2) is 0 Å². The Labute approximate surface area is 102 Å². The Morgan fingerprint density at radius 3 is 2.53 bits per heavy atom. The first kappa shape index (κ1) is 11.7. The van der Waals surface area contributed by atoms with Crippen molar-refractivity contribution in [1.29, 1.82) is 0 Å². The second kappa shape index (κ2) is 5.55. The van der Waals surface area contributed by atoms with Crippen LogP contribution in [0.4, 0.5) is 0 Å². The van der Waals surface area contributed by atoms with Crippen LogP contribution in [0.3, 0.4) is 0 Å². The fourth-order valence-corrected chi connectivity index (χ4v) is 1.80. The second-order valence-electron chi connectivity index (χ2n) is 4.16. The Morgan fingerprint density at radius 2 is 1.94 bits per heavy atom. The van der Waals surface area contributed by atoms with E-state index in [1.165, 1.54) is 11.1 Å². The molecule has 0 bridgehead atoms. The van der Waals surface area contributed by atoms with Crippen LogP contribution in [-0.2, 0) is 6.42 Å². The highest BCUT2D eigenvalue weighted by molar-refractivity contribution is 5.23. The number of nitrogens with zero attached hydrogens (tertiary/aromatic N) is 2. The lowest BCUT2D eigenvalue weighted by Gasteiger charge is -2.15. The summed E-state index contributed by atoms with van der Waals surface area (Å²) in [5.41, 5.74) is 3.57. The molecule has 0 spiro atoms. The van der Waals surface area contributed by atoms with Crippen molar-refractivity contribution in [2.45, 2.75) is 19.4 Å². The molecule has 17 heavy (non-hydrogen) atoms. The zero-order valence-corrected chi connectivity index (χ0v) is 10.2. The summed E-state index contributed by atoms with van der Waals surface area (Å²) in [6, 6.07) is 8.81. The third-order valence-electron chi connectivity index (χ3n) is 2.85. The summed E-state index contributed by atoms with van der Waals surface area (Å²) in [6.45, 7) is 2.10. The van der Waals surface area contributed by atoms with Crippen molar-refractivity contribution >= 4 is 0 Å². The number of benzene rings is 1. The number of hydrogen-bond acceptors (Lipinski definition) is 3. The number of likely N-dealkylation sites (N-methyl/N-ethyl adjacent to an activating group) is 1. The maximum Gasteiger partial charge on any atom is 0.0759 e. The van der Waals surface area contributed by atoms with Gasteiger partial charge in [-0.3, -0.25) is 9.97 Å². The summed E-state index contributed by atoms with van der Waals surface area (Å²) in [5, 5.41) is 3.28. The van der Waals surface area contributed by atoms with Gasteiger partial charge < -0.3 is 5.32 Å². The van der Waals surface area contributed by atoms with Crippen molar-refractivity contribution in [2.75, 3.05) is 7.05 Å². The minimum Gasteiger partial charge on any atom is -0.311 e. The molecule has 2 aromatic rings. The van der Waals surface area contributed by atoms with Gasteiger partial charge in [-0.05, 0) is 26.0 Å². The highest BCUT2D eigenvalue weighted by atomic mass is 14.9. The monoisotopic (exact) mass is 227 g/mol. The normalized spacial score (nSPS) is 12.4. The lowest BCUT2D eigenvalue weighted by Crippen LogP contribution is -2.20. The van der Waals surface area contributed by atoms with Crippen LogP contribution in [0.1, 0.15) is 22.9 Å². The van der Waals surface area contributed by atoms with Gasteiger partial charge in [0, 0.05) is 18.6 Å². The molecule has 1 heterocycles. The minimum absolute atomic E-state index is 0.214. The van der Waals surface area contributed by atoms with E-state index in [2.05, 4.69) is 46.5 Å². The standard InChI is InChI=1S/C14H17N3/c1-11-3-5-12(6-4-11)9-13(15-2)14-10-16-7-8-17-14/h3-8,10,13,15H,9H2,1-2H3. The molecule has 0 radical (unpaired) electrons. The topological polar surface area (TPSA) is 37.8 Å². The molecule has 1 N–H and O–H groups in total. The van der Waals surface area contributed by atoms with Crippen molar-refractivity contribution in [3.63, 3.8) is 0 Å². The second-order valence-corrected chi connectivity index (χ2v) is 4.16. The molecule has 1 aromatic heterocycles. The van der Waals surface area contributed by atoms with E-state index in [1.807, 2.05) is 13.2 Å². The summed E-state index contributed by atoms with van der Waals surface area (Å²) in [7, 11) is 1.95. The van der Waals surface area contributed by atoms with Gasteiger partial charge in [-0.1, -0.05) is 29.8 Å². The Morgan fingerprint density at radius 1 is 1.18 bits per heavy atom. The number of aromatic nitrogens is 2. The molecular formula is C14H17N3. The first-order chi connectivity index (χ1) is 8.29. The van der Waals surface area contributed by atoms with E-state index in [1.54, 1.807) is 12.4 Å². The third kappa shape index (κ3) is 3.11. The van der Waals surface area contributed by atoms with Crippen molar-refractivity contribution in [1.82, 2.24) is 15.3 Å². The smallest absolute Gasteiger partial charge is 0.0759 e. The Kier molecular flexibility index (Phi) is 3.83. The maximum absolute atomic E-state index is 4.34. The summed E-state index contributed by atoms with van der Waals surface area (Å²) in [5.74, 6) is 0. The van der Waals surface area contributed by atoms with E-state index in [-0.39, 0.29) is 6.04 Å². The van der Waals surface area contributed by atoms with Gasteiger partial charge >= 0.3 is 0 Å². The lowest BCUT2D eigenvalue weighted by molar-refractivity contribution is 0.573. The molecule has 0 saturated carbocycles. The predicted octanol–water partition coefficient (Wildman–Crippen LogP) is 2.29. The molecule has 88 valence electrons. The number of nitrogens with one attached hydrogen (secondary N) is 1. The van der Waals surface area contributed by atoms with E-state index in [0.717, 1.165) is 12.1 Å². The summed E-state index contributed by atoms with van der Waals surface area (Å²) >= 11 is 0. The minimum atomic E-state index is 0.214. The molecule has 1 aromatic carbocycles. The van der Waals surface area contributed by atoms with Crippen LogP contribution < -0.4 is 5.32 Å². The van der Waals surface area contributed by atoms with Gasteiger partial charge in [-0.25, -0.2) is 0 Å². The Hall–Kier alpha value is -1.74. The highest BCUT2D eigenvalue weighted by Gasteiger charge is 2.11. The van der Waals surface area contributed by atoms with E-state index >= 15 is 0 Å². The molecule has 3 nitrogen and oxygen atoms in total. The van der Waals surface area contributed by atoms with Gasteiger partial charge in [0.05, 0.1) is 11.7 Å². The molecule has 0 fully saturated rings. The number of hydrogen-bond donors (Lipinski definition) is 1. The molecule has 0 aliphatic carbocycles. The van der Waals surface area contributed by atoms with E-state index in [0.29, 0.717) is 0 Å². The largest absolute Gasteiger partial charge is 0.311 e. The molecule has 0 amide bonds. The van der Waals surface area contributed by atoms with Crippen molar-refractivity contribution < 1.29 is 0 Å². The molecule has 1 atom stereocenters. The number of rotatable bonds is 4. The Bertz CT molecular complexity index is 451. The molecule has 0 aliphatic rings. The van der Waals surface area contributed by atoms with Crippen LogP contribution in [0.25, 0.3) is 0 Å². The zero-order valence-electron chi connectivity index (χ0n) is 10.2. The van der Waals surface area contributed by atoms with Crippen LogP contribution in [0.5, 0.6) is 0 Å². The van der Waals surface area contributed by atoms with E-state index < -0.39 is 0 Å². The molecule has 1 unspecified atom stereocenters. The van der Waals surface area contributed by atoms with Gasteiger partial charge in [0.25, 0.3) is 0 Å². The average Bonchev–Trinajstić information content (AvgIpc) is 2.39. The molecule has 3 heteroatoms. The van der Waals surface area contributed by atoms with Crippen LogP contribution >= 0.6 is 0 Å². The van der Waals surface area contributed by atoms with E-state index in [9.17, 15) is 0 Å². The van der Waals surface area contributed by atoms with Crippen molar-refractivity contribution in [3.05, 3.63) is 59.7 Å². The first-order valence-electron chi connectivity index (χ1n) is 5.78. The molecule has 2 rings (SSSR count).